The lowest BCUT2D eigenvalue weighted by atomic mass is 10.1. The van der Waals surface area contributed by atoms with E-state index in [9.17, 15) is 4.79 Å². The van der Waals surface area contributed by atoms with Gasteiger partial charge in [-0.2, -0.15) is 5.10 Å². The Bertz CT molecular complexity index is 1080. The van der Waals surface area contributed by atoms with E-state index in [1.807, 2.05) is 48.7 Å². The number of carbonyl (C=O) groups excluding carboxylic acids is 1. The third-order valence-corrected chi connectivity index (χ3v) is 4.83. The van der Waals surface area contributed by atoms with Gasteiger partial charge >= 0.3 is 0 Å². The van der Waals surface area contributed by atoms with Crippen LogP contribution in [0, 0.1) is 0 Å². The first-order valence-corrected chi connectivity index (χ1v) is 9.28. The Morgan fingerprint density at radius 3 is 2.63 bits per heavy atom. The Labute approximate surface area is 159 Å². The van der Waals surface area contributed by atoms with Crippen LogP contribution in [0.1, 0.15) is 12.0 Å². The number of aromatic nitrogens is 3. The van der Waals surface area contributed by atoms with Crippen molar-refractivity contribution in [2.45, 2.75) is 12.8 Å². The van der Waals surface area contributed by atoms with Crippen molar-refractivity contribution in [2.75, 3.05) is 5.32 Å². The number of hydrogen-bond acceptors (Lipinski definition) is 3. The monoisotopic (exact) mass is 374 g/mol. The fraction of sp³-hybridized carbons (Fsp3) is 0.0952. The van der Waals surface area contributed by atoms with Gasteiger partial charge in [0.15, 0.2) is 0 Å². The molecule has 27 heavy (non-hydrogen) atoms. The molecule has 0 spiro atoms. The highest BCUT2D eigenvalue weighted by Gasteiger charge is 2.07. The molecule has 1 amide bonds. The summed E-state index contributed by atoms with van der Waals surface area (Å²) in [4.78, 5) is 16.6. The second-order valence-corrected chi connectivity index (χ2v) is 7.07. The smallest absolute Gasteiger partial charge is 0.225 e. The van der Waals surface area contributed by atoms with Crippen LogP contribution in [-0.4, -0.2) is 21.1 Å². The molecule has 0 aliphatic heterocycles. The van der Waals surface area contributed by atoms with Crippen LogP contribution in [0.25, 0.3) is 21.9 Å². The van der Waals surface area contributed by atoms with Gasteiger partial charge in [0, 0.05) is 29.8 Å². The van der Waals surface area contributed by atoms with E-state index in [2.05, 4.69) is 35.8 Å². The van der Waals surface area contributed by atoms with Gasteiger partial charge in [0.05, 0.1) is 6.20 Å². The number of nitrogens with zero attached hydrogens (tertiary/aromatic N) is 2. The highest BCUT2D eigenvalue weighted by molar-refractivity contribution is 7.27. The van der Waals surface area contributed by atoms with Crippen LogP contribution in [-0.2, 0) is 11.2 Å². The van der Waals surface area contributed by atoms with Crippen molar-refractivity contribution in [1.82, 2.24) is 15.2 Å². The molecular weight excluding hydrogens is 355 g/mol. The van der Waals surface area contributed by atoms with E-state index < -0.39 is 0 Å². The second kappa shape index (κ2) is 7.68. The van der Waals surface area contributed by atoms with Gasteiger partial charge in [0.2, 0.25) is 5.91 Å². The van der Waals surface area contributed by atoms with Crippen LogP contribution in [0.2, 0.25) is 0 Å². The molecule has 134 valence electrons. The van der Waals surface area contributed by atoms with Crippen molar-refractivity contribution in [3.05, 3.63) is 72.7 Å². The predicted octanol–water partition coefficient (Wildman–Crippen LogP) is 3.70. The van der Waals surface area contributed by atoms with E-state index in [4.69, 9.17) is 0 Å². The number of benzene rings is 2. The molecule has 2 heterocycles. The van der Waals surface area contributed by atoms with Gasteiger partial charge in [-0.05, 0) is 40.4 Å². The van der Waals surface area contributed by atoms with E-state index in [1.54, 1.807) is 12.4 Å². The third-order valence-electron chi connectivity index (χ3n) is 4.44. The average molecular weight is 374 g/mol. The second-order valence-electron chi connectivity index (χ2n) is 6.41. The lowest BCUT2D eigenvalue weighted by Gasteiger charge is -2.07. The lowest BCUT2D eigenvalue weighted by Crippen LogP contribution is -2.13. The standard InChI is InChI=1S/C21H19N4OP/c26-21(8-3-14-1-6-19(27)7-2-14)25-20-10-17-9-15(18-12-23-24-13-18)4-5-16(17)11-22-20/h1-2,4-7,9-13H,3,8,27H2,(H,23,24)(H,22,25,26). The molecule has 5 nitrogen and oxygen atoms in total. The maximum Gasteiger partial charge on any atom is 0.225 e. The van der Waals surface area contributed by atoms with Gasteiger partial charge in [-0.15, -0.1) is 9.24 Å². The summed E-state index contributed by atoms with van der Waals surface area (Å²) in [7, 11) is 2.66. The number of anilines is 1. The van der Waals surface area contributed by atoms with Gasteiger partial charge in [0.1, 0.15) is 5.82 Å². The van der Waals surface area contributed by atoms with Gasteiger partial charge < -0.3 is 5.32 Å². The molecule has 4 aromatic rings. The lowest BCUT2D eigenvalue weighted by molar-refractivity contribution is -0.116. The van der Waals surface area contributed by atoms with E-state index in [0.717, 1.165) is 32.8 Å². The molecule has 0 saturated heterocycles. The van der Waals surface area contributed by atoms with Crippen molar-refractivity contribution in [3.8, 4) is 11.1 Å². The minimum atomic E-state index is -0.0391. The molecule has 0 bridgehead atoms. The van der Waals surface area contributed by atoms with Crippen LogP contribution in [0.3, 0.4) is 0 Å². The summed E-state index contributed by atoms with van der Waals surface area (Å²) in [5.41, 5.74) is 3.24. The van der Waals surface area contributed by atoms with Crippen LogP contribution in [0.5, 0.6) is 0 Å². The highest BCUT2D eigenvalue weighted by atomic mass is 31.0. The van der Waals surface area contributed by atoms with Gasteiger partial charge in [-0.25, -0.2) is 4.98 Å². The maximum atomic E-state index is 12.3. The first-order chi connectivity index (χ1) is 13.2. The number of H-pyrrole nitrogens is 1. The van der Waals surface area contributed by atoms with Crippen molar-refractivity contribution in [3.63, 3.8) is 0 Å². The van der Waals surface area contributed by atoms with E-state index in [1.165, 1.54) is 0 Å². The number of aromatic amines is 1. The Hall–Kier alpha value is -3.04. The number of aryl methyl sites for hydroxylation is 1. The number of rotatable bonds is 5. The number of amides is 1. The third kappa shape index (κ3) is 4.21. The predicted molar refractivity (Wildman–Crippen MR) is 112 cm³/mol. The molecule has 0 aliphatic carbocycles. The topological polar surface area (TPSA) is 70.7 Å². The Balaban J connectivity index is 1.46. The van der Waals surface area contributed by atoms with Crippen molar-refractivity contribution < 1.29 is 4.79 Å². The Kier molecular flexibility index (Phi) is 4.95. The SMILES string of the molecule is O=C(CCc1ccc(P)cc1)Nc1cc2cc(-c3cn[nH]c3)ccc2cn1. The molecule has 1 atom stereocenters. The summed E-state index contributed by atoms with van der Waals surface area (Å²) in [5.74, 6) is 0.528. The largest absolute Gasteiger partial charge is 0.311 e. The van der Waals surface area contributed by atoms with Crippen molar-refractivity contribution in [2.24, 2.45) is 0 Å². The zero-order valence-electron chi connectivity index (χ0n) is 14.6. The summed E-state index contributed by atoms with van der Waals surface area (Å²) in [6.07, 6.45) is 6.55. The molecule has 6 heteroatoms. The molecule has 2 aromatic carbocycles. The fourth-order valence-corrected chi connectivity index (χ4v) is 3.14. The van der Waals surface area contributed by atoms with Crippen molar-refractivity contribution in [1.29, 1.82) is 0 Å². The molecule has 1 unspecified atom stereocenters. The fourth-order valence-electron chi connectivity index (χ4n) is 2.95. The van der Waals surface area contributed by atoms with Crippen LogP contribution >= 0.6 is 9.24 Å². The molecule has 2 aromatic heterocycles. The first-order valence-electron chi connectivity index (χ1n) is 8.70. The zero-order valence-corrected chi connectivity index (χ0v) is 15.8. The molecule has 0 saturated carbocycles. The first kappa shape index (κ1) is 17.4. The summed E-state index contributed by atoms with van der Waals surface area (Å²) < 4.78 is 0. The van der Waals surface area contributed by atoms with Crippen LogP contribution in [0.15, 0.2) is 67.1 Å². The quantitative estimate of drug-likeness (QED) is 0.524. The van der Waals surface area contributed by atoms with Crippen molar-refractivity contribution >= 4 is 37.0 Å². The minimum Gasteiger partial charge on any atom is -0.311 e. The number of nitrogens with one attached hydrogen (secondary N) is 2. The van der Waals surface area contributed by atoms with Crippen LogP contribution < -0.4 is 10.6 Å². The number of carbonyl (C=O) groups is 1. The molecule has 2 N–H and O–H groups in total. The molecule has 0 fully saturated rings. The van der Waals surface area contributed by atoms with E-state index in [-0.39, 0.29) is 5.91 Å². The number of pyridine rings is 1. The molecular formula is C21H19N4OP. The summed E-state index contributed by atoms with van der Waals surface area (Å²) >= 11 is 0. The highest BCUT2D eigenvalue weighted by Crippen LogP contribution is 2.24. The van der Waals surface area contributed by atoms with Gasteiger partial charge in [-0.1, -0.05) is 36.4 Å². The summed E-state index contributed by atoms with van der Waals surface area (Å²) in [5, 5.41) is 12.9. The Morgan fingerprint density at radius 2 is 1.85 bits per heavy atom. The van der Waals surface area contributed by atoms with Crippen LogP contribution in [0.4, 0.5) is 5.82 Å². The Morgan fingerprint density at radius 1 is 1.00 bits per heavy atom. The molecule has 0 radical (unpaired) electrons. The average Bonchev–Trinajstić information content (AvgIpc) is 3.22. The van der Waals surface area contributed by atoms with E-state index >= 15 is 0 Å². The summed E-state index contributed by atoms with van der Waals surface area (Å²) in [6.45, 7) is 0. The van der Waals surface area contributed by atoms with E-state index in [0.29, 0.717) is 18.7 Å². The normalized spacial score (nSPS) is 10.9. The minimum absolute atomic E-state index is 0.0391. The zero-order chi connectivity index (χ0) is 18.6. The molecule has 4 rings (SSSR count). The number of hydrogen-bond donors (Lipinski definition) is 2. The molecule has 0 aliphatic rings. The van der Waals surface area contributed by atoms with Gasteiger partial charge in [0.25, 0.3) is 0 Å². The summed E-state index contributed by atoms with van der Waals surface area (Å²) in [6, 6.07) is 16.2. The number of fused-ring (bicyclic) bond motifs is 1. The maximum absolute atomic E-state index is 12.3. The van der Waals surface area contributed by atoms with Gasteiger partial charge in [-0.3, -0.25) is 9.89 Å².